The quantitative estimate of drug-likeness (QED) is 0.716. The number of aliphatic hydroxyl groups is 1. The molecule has 24 heavy (non-hydrogen) atoms. The lowest BCUT2D eigenvalue weighted by Gasteiger charge is -2.52. The van der Waals surface area contributed by atoms with Gasteiger partial charge in [-0.2, -0.15) is 0 Å². The number of ether oxygens (including phenoxy) is 1. The summed E-state index contributed by atoms with van der Waals surface area (Å²) < 4.78 is 6.34. The van der Waals surface area contributed by atoms with E-state index in [1.165, 1.54) is 0 Å². The summed E-state index contributed by atoms with van der Waals surface area (Å²) in [5.41, 5.74) is -0.275. The van der Waals surface area contributed by atoms with Gasteiger partial charge in [0, 0.05) is 17.2 Å². The smallest absolute Gasteiger partial charge is 0.255 e. The predicted octanol–water partition coefficient (Wildman–Crippen LogP) is 3.55. The van der Waals surface area contributed by atoms with Gasteiger partial charge in [-0.25, -0.2) is 0 Å². The molecule has 5 heteroatoms. The summed E-state index contributed by atoms with van der Waals surface area (Å²) in [7, 11) is 0. The lowest BCUT2D eigenvalue weighted by atomic mass is 9.63. The second kappa shape index (κ2) is 4.99. The van der Waals surface area contributed by atoms with E-state index in [9.17, 15) is 9.90 Å². The minimum Gasteiger partial charge on any atom is -0.486 e. The fraction of sp³-hybridized carbons (Fsp3) is 0.526. The second-order valence-electron chi connectivity index (χ2n) is 7.88. The van der Waals surface area contributed by atoms with E-state index in [0.717, 1.165) is 17.3 Å². The number of nitrogens with one attached hydrogen (secondary N) is 1. The summed E-state index contributed by atoms with van der Waals surface area (Å²) in [5.74, 6) is 0.474. The molecule has 1 aliphatic carbocycles. The van der Waals surface area contributed by atoms with Gasteiger partial charge in [0.1, 0.15) is 11.4 Å². The number of benzene rings is 1. The van der Waals surface area contributed by atoms with Gasteiger partial charge in [0.2, 0.25) is 0 Å². The number of H-pyrrole nitrogens is 1. The third-order valence-electron chi connectivity index (χ3n) is 5.80. The van der Waals surface area contributed by atoms with E-state index in [-0.39, 0.29) is 17.4 Å². The van der Waals surface area contributed by atoms with E-state index in [1.54, 1.807) is 6.92 Å². The number of alkyl halides is 1. The van der Waals surface area contributed by atoms with Crippen LogP contribution in [-0.4, -0.2) is 26.7 Å². The number of aromatic amines is 1. The van der Waals surface area contributed by atoms with Crippen molar-refractivity contribution in [3.8, 4) is 5.75 Å². The van der Waals surface area contributed by atoms with Crippen molar-refractivity contribution in [2.24, 2.45) is 5.92 Å². The van der Waals surface area contributed by atoms with Crippen molar-refractivity contribution in [2.45, 2.75) is 56.1 Å². The Morgan fingerprint density at radius 2 is 2.00 bits per heavy atom. The summed E-state index contributed by atoms with van der Waals surface area (Å²) in [4.78, 5) is 15.8. The Morgan fingerprint density at radius 1 is 1.29 bits per heavy atom. The number of fused-ring (bicyclic) bond motifs is 5. The number of para-hydroxylation sites is 1. The Balaban J connectivity index is 2.03. The lowest BCUT2D eigenvalue weighted by Crippen LogP contribution is -2.56. The Hall–Kier alpha value is -1.52. The summed E-state index contributed by atoms with van der Waals surface area (Å²) in [5, 5.41) is 11.1. The van der Waals surface area contributed by atoms with Crippen LogP contribution < -0.4 is 10.3 Å². The van der Waals surface area contributed by atoms with Gasteiger partial charge in [-0.1, -0.05) is 12.1 Å². The van der Waals surface area contributed by atoms with E-state index in [0.29, 0.717) is 17.7 Å². The van der Waals surface area contributed by atoms with Crippen molar-refractivity contribution in [1.82, 2.24) is 4.98 Å². The molecule has 0 unspecified atom stereocenters. The van der Waals surface area contributed by atoms with Gasteiger partial charge < -0.3 is 14.8 Å². The lowest BCUT2D eigenvalue weighted by molar-refractivity contribution is -0.0618. The maximum Gasteiger partial charge on any atom is 0.255 e. The van der Waals surface area contributed by atoms with Crippen LogP contribution in [0.2, 0.25) is 0 Å². The van der Waals surface area contributed by atoms with Crippen molar-refractivity contribution in [3.63, 3.8) is 0 Å². The van der Waals surface area contributed by atoms with E-state index in [2.05, 4.69) is 4.98 Å². The molecular weight excluding hydrogens is 326 g/mol. The van der Waals surface area contributed by atoms with Gasteiger partial charge in [0.25, 0.3) is 5.56 Å². The molecule has 0 radical (unpaired) electrons. The van der Waals surface area contributed by atoms with E-state index in [4.69, 9.17) is 16.3 Å². The molecule has 2 heterocycles. The summed E-state index contributed by atoms with van der Waals surface area (Å²) in [6, 6.07) is 7.63. The summed E-state index contributed by atoms with van der Waals surface area (Å²) >= 11 is 6.70. The first-order valence-electron chi connectivity index (χ1n) is 8.43. The fourth-order valence-electron chi connectivity index (χ4n) is 4.46. The van der Waals surface area contributed by atoms with Gasteiger partial charge >= 0.3 is 0 Å². The SMILES string of the molecule is CC1(C)Oc2c(c(=O)[nH]c3ccccc23)[C@H]2[C@@H](Cl)[C@](C)(O)CC[C@@H]21. The number of aromatic nitrogens is 1. The number of hydrogen-bond acceptors (Lipinski definition) is 3. The Labute approximate surface area is 145 Å². The highest BCUT2D eigenvalue weighted by molar-refractivity contribution is 6.22. The third-order valence-corrected chi connectivity index (χ3v) is 6.55. The van der Waals surface area contributed by atoms with E-state index in [1.807, 2.05) is 38.1 Å². The van der Waals surface area contributed by atoms with Crippen LogP contribution in [0.4, 0.5) is 0 Å². The van der Waals surface area contributed by atoms with Gasteiger partial charge in [-0.15, -0.1) is 11.6 Å². The normalized spacial score (nSPS) is 34.3. The van der Waals surface area contributed by atoms with Crippen LogP contribution in [0, 0.1) is 5.92 Å². The number of rotatable bonds is 0. The molecule has 1 aromatic heterocycles. The van der Waals surface area contributed by atoms with Crippen LogP contribution >= 0.6 is 11.6 Å². The molecule has 1 saturated carbocycles. The molecule has 0 spiro atoms. The second-order valence-corrected chi connectivity index (χ2v) is 8.35. The summed E-state index contributed by atoms with van der Waals surface area (Å²) in [6.07, 6.45) is 1.38. The molecule has 4 rings (SSSR count). The fourth-order valence-corrected chi connectivity index (χ4v) is 4.87. The molecule has 0 bridgehead atoms. The highest BCUT2D eigenvalue weighted by Gasteiger charge is 2.55. The first-order chi connectivity index (χ1) is 11.2. The molecular formula is C19H22ClNO3. The molecule has 1 aromatic carbocycles. The standard InChI is InChI=1S/C19H22ClNO3/c1-18(2)11-8-9-19(3,23)16(20)13(11)14-15(24-18)10-6-4-5-7-12(10)21-17(14)22/h4-7,11,13,16,23H,8-9H2,1-3H3,(H,21,22)/t11-,13-,16+,19+/m0/s1. The van der Waals surface area contributed by atoms with Crippen LogP contribution in [0.3, 0.4) is 0 Å². The third kappa shape index (κ3) is 2.12. The zero-order valence-electron chi connectivity index (χ0n) is 14.1. The molecule has 4 atom stereocenters. The Kier molecular flexibility index (Phi) is 3.32. The molecule has 1 aliphatic heterocycles. The number of halogens is 1. The molecule has 128 valence electrons. The van der Waals surface area contributed by atoms with Crippen molar-refractivity contribution in [3.05, 3.63) is 40.2 Å². The highest BCUT2D eigenvalue weighted by atomic mass is 35.5. The number of pyridine rings is 1. The Morgan fingerprint density at radius 3 is 2.75 bits per heavy atom. The largest absolute Gasteiger partial charge is 0.486 e. The van der Waals surface area contributed by atoms with Crippen molar-refractivity contribution in [2.75, 3.05) is 0 Å². The molecule has 2 aliphatic rings. The van der Waals surface area contributed by atoms with Gasteiger partial charge in [-0.05, 0) is 45.7 Å². The molecule has 2 aromatic rings. The van der Waals surface area contributed by atoms with E-state index < -0.39 is 16.6 Å². The summed E-state index contributed by atoms with van der Waals surface area (Å²) in [6.45, 7) is 5.86. The van der Waals surface area contributed by atoms with Crippen molar-refractivity contribution >= 4 is 22.5 Å². The zero-order valence-corrected chi connectivity index (χ0v) is 14.9. The molecule has 4 nitrogen and oxygen atoms in total. The Bertz CT molecular complexity index is 871. The molecule has 0 amide bonds. The monoisotopic (exact) mass is 347 g/mol. The maximum atomic E-state index is 12.8. The molecule has 2 N–H and O–H groups in total. The zero-order chi connectivity index (χ0) is 17.3. The first kappa shape index (κ1) is 16.0. The minimum absolute atomic E-state index is 0.0926. The van der Waals surface area contributed by atoms with Crippen molar-refractivity contribution in [1.29, 1.82) is 0 Å². The average Bonchev–Trinajstić information content (AvgIpc) is 2.50. The van der Waals surface area contributed by atoms with E-state index >= 15 is 0 Å². The first-order valence-corrected chi connectivity index (χ1v) is 8.86. The average molecular weight is 348 g/mol. The van der Waals surface area contributed by atoms with Crippen LogP contribution in [0.25, 0.3) is 10.9 Å². The van der Waals surface area contributed by atoms with Crippen LogP contribution in [-0.2, 0) is 0 Å². The minimum atomic E-state index is -0.995. The van der Waals surface area contributed by atoms with Crippen LogP contribution in [0.15, 0.2) is 29.1 Å². The predicted molar refractivity (Wildman–Crippen MR) is 95.0 cm³/mol. The van der Waals surface area contributed by atoms with Gasteiger partial charge in [-0.3, -0.25) is 4.79 Å². The van der Waals surface area contributed by atoms with Crippen LogP contribution in [0.5, 0.6) is 5.75 Å². The molecule has 0 saturated heterocycles. The topological polar surface area (TPSA) is 62.3 Å². The molecule has 1 fully saturated rings. The highest BCUT2D eigenvalue weighted by Crippen LogP contribution is 2.55. The maximum absolute atomic E-state index is 12.8. The van der Waals surface area contributed by atoms with Gasteiger partial charge in [0.15, 0.2) is 0 Å². The van der Waals surface area contributed by atoms with Crippen molar-refractivity contribution < 1.29 is 9.84 Å². The van der Waals surface area contributed by atoms with Gasteiger partial charge in [0.05, 0.1) is 22.1 Å². The van der Waals surface area contributed by atoms with Crippen LogP contribution in [0.1, 0.15) is 45.1 Å². The number of hydrogen-bond donors (Lipinski definition) is 2.